The third-order valence-electron chi connectivity index (χ3n) is 3.63. The predicted molar refractivity (Wildman–Crippen MR) is 82.9 cm³/mol. The lowest BCUT2D eigenvalue weighted by molar-refractivity contribution is 0.389. The second-order valence-electron chi connectivity index (χ2n) is 5.60. The van der Waals surface area contributed by atoms with Crippen molar-refractivity contribution < 1.29 is 8.78 Å². The number of thiazole rings is 1. The van der Waals surface area contributed by atoms with Gasteiger partial charge in [0.15, 0.2) is 0 Å². The molecule has 2 aromatic heterocycles. The summed E-state index contributed by atoms with van der Waals surface area (Å²) in [6, 6.07) is 3.83. The summed E-state index contributed by atoms with van der Waals surface area (Å²) in [4.78, 5) is 4.32. The molecule has 0 aliphatic heterocycles. The molecule has 3 rings (SSSR count). The molecule has 0 unspecified atom stereocenters. The van der Waals surface area contributed by atoms with Crippen LogP contribution in [0.4, 0.5) is 8.78 Å². The topological polar surface area (TPSA) is 30.7 Å². The van der Waals surface area contributed by atoms with Crippen LogP contribution in [0.5, 0.6) is 0 Å². The zero-order valence-electron chi connectivity index (χ0n) is 12.5. The van der Waals surface area contributed by atoms with Gasteiger partial charge in [0.1, 0.15) is 27.9 Å². The summed E-state index contributed by atoms with van der Waals surface area (Å²) in [7, 11) is 0. The first kappa shape index (κ1) is 14.8. The summed E-state index contributed by atoms with van der Waals surface area (Å²) in [5.41, 5.74) is 0.460. The molecule has 3 aromatic rings. The van der Waals surface area contributed by atoms with E-state index in [2.05, 4.69) is 10.1 Å². The number of rotatable bonds is 3. The zero-order valence-corrected chi connectivity index (χ0v) is 13.3. The molecule has 3 nitrogen and oxygen atoms in total. The van der Waals surface area contributed by atoms with Gasteiger partial charge in [0.25, 0.3) is 0 Å². The standard InChI is InChI=1S/C16H15F2N3S/c1-10-9-21(16(2,3)15-19-7-8-22-15)20-14(10)13-11(17)5-4-6-12(13)18/h4-9H,1-3H3. The van der Waals surface area contributed by atoms with Gasteiger partial charge >= 0.3 is 0 Å². The lowest BCUT2D eigenvalue weighted by atomic mass is 10.1. The number of halogens is 2. The molecular weight excluding hydrogens is 304 g/mol. The highest BCUT2D eigenvalue weighted by Crippen LogP contribution is 2.32. The molecule has 22 heavy (non-hydrogen) atoms. The molecule has 0 N–H and O–H groups in total. The monoisotopic (exact) mass is 319 g/mol. The molecule has 0 bridgehead atoms. The van der Waals surface area contributed by atoms with Crippen LogP contribution in [0.3, 0.4) is 0 Å². The molecule has 0 amide bonds. The maximum atomic E-state index is 14.0. The predicted octanol–water partition coefficient (Wildman–Crippen LogP) is 4.38. The van der Waals surface area contributed by atoms with Crippen molar-refractivity contribution >= 4 is 11.3 Å². The van der Waals surface area contributed by atoms with Gasteiger partial charge in [-0.05, 0) is 38.5 Å². The van der Waals surface area contributed by atoms with Crippen molar-refractivity contribution in [3.05, 3.63) is 58.2 Å². The Morgan fingerprint density at radius 2 is 1.86 bits per heavy atom. The molecule has 1 aromatic carbocycles. The van der Waals surface area contributed by atoms with Crippen LogP contribution in [0, 0.1) is 18.6 Å². The van der Waals surface area contributed by atoms with Crippen molar-refractivity contribution in [3.8, 4) is 11.3 Å². The quantitative estimate of drug-likeness (QED) is 0.717. The molecular formula is C16H15F2N3S. The van der Waals surface area contributed by atoms with Crippen molar-refractivity contribution in [1.82, 2.24) is 14.8 Å². The molecule has 0 aliphatic carbocycles. The fourth-order valence-electron chi connectivity index (χ4n) is 2.34. The minimum Gasteiger partial charge on any atom is -0.259 e. The molecule has 0 spiro atoms. The number of aromatic nitrogens is 3. The number of benzene rings is 1. The van der Waals surface area contributed by atoms with Gasteiger partial charge in [0.05, 0.1) is 5.56 Å². The fraction of sp³-hybridized carbons (Fsp3) is 0.250. The largest absolute Gasteiger partial charge is 0.259 e. The lowest BCUT2D eigenvalue weighted by Gasteiger charge is -2.22. The van der Waals surface area contributed by atoms with Crippen molar-refractivity contribution in [1.29, 1.82) is 0 Å². The van der Waals surface area contributed by atoms with Gasteiger partial charge in [-0.2, -0.15) is 5.10 Å². The Bertz CT molecular complexity index is 787. The molecule has 0 saturated heterocycles. The number of hydrogen-bond acceptors (Lipinski definition) is 3. The van der Waals surface area contributed by atoms with E-state index in [0.717, 1.165) is 5.01 Å². The molecule has 6 heteroatoms. The summed E-state index contributed by atoms with van der Waals surface area (Å²) in [5.74, 6) is -1.22. The Labute approximate surface area is 131 Å². The van der Waals surface area contributed by atoms with E-state index in [1.165, 1.54) is 29.5 Å². The minimum absolute atomic E-state index is 0.0892. The third kappa shape index (κ3) is 2.33. The SMILES string of the molecule is Cc1cn(C(C)(C)c2nccs2)nc1-c1c(F)cccc1F. The van der Waals surface area contributed by atoms with Gasteiger partial charge < -0.3 is 0 Å². The van der Waals surface area contributed by atoms with E-state index in [4.69, 9.17) is 0 Å². The van der Waals surface area contributed by atoms with Crippen LogP contribution in [0.2, 0.25) is 0 Å². The van der Waals surface area contributed by atoms with E-state index in [-0.39, 0.29) is 5.56 Å². The Hall–Kier alpha value is -2.08. The summed E-state index contributed by atoms with van der Waals surface area (Å²) < 4.78 is 29.7. The van der Waals surface area contributed by atoms with Gasteiger partial charge in [0, 0.05) is 17.8 Å². The normalized spacial score (nSPS) is 11.9. The van der Waals surface area contributed by atoms with Gasteiger partial charge in [-0.15, -0.1) is 11.3 Å². The van der Waals surface area contributed by atoms with E-state index >= 15 is 0 Å². The van der Waals surface area contributed by atoms with Gasteiger partial charge in [-0.3, -0.25) is 4.68 Å². The van der Waals surface area contributed by atoms with Crippen LogP contribution in [-0.2, 0) is 5.54 Å². The van der Waals surface area contributed by atoms with Crippen LogP contribution < -0.4 is 0 Å². The highest BCUT2D eigenvalue weighted by Gasteiger charge is 2.28. The molecule has 2 heterocycles. The lowest BCUT2D eigenvalue weighted by Crippen LogP contribution is -2.28. The first-order valence-electron chi connectivity index (χ1n) is 6.82. The van der Waals surface area contributed by atoms with E-state index in [1.807, 2.05) is 19.2 Å². The highest BCUT2D eigenvalue weighted by atomic mass is 32.1. The van der Waals surface area contributed by atoms with Crippen molar-refractivity contribution in [2.24, 2.45) is 0 Å². The van der Waals surface area contributed by atoms with Crippen LogP contribution >= 0.6 is 11.3 Å². The van der Waals surface area contributed by atoms with E-state index in [1.54, 1.807) is 24.0 Å². The number of hydrogen-bond donors (Lipinski definition) is 0. The van der Waals surface area contributed by atoms with E-state index < -0.39 is 17.2 Å². The zero-order chi connectivity index (χ0) is 15.9. The summed E-state index contributed by atoms with van der Waals surface area (Å²) >= 11 is 1.52. The summed E-state index contributed by atoms with van der Waals surface area (Å²) in [5, 5.41) is 7.21. The van der Waals surface area contributed by atoms with Gasteiger partial charge in [0.2, 0.25) is 0 Å². The van der Waals surface area contributed by atoms with Crippen LogP contribution in [0.15, 0.2) is 36.0 Å². The molecule has 0 aliphatic rings. The first-order valence-corrected chi connectivity index (χ1v) is 7.70. The maximum absolute atomic E-state index is 14.0. The average molecular weight is 319 g/mol. The van der Waals surface area contributed by atoms with E-state index in [0.29, 0.717) is 11.3 Å². The Morgan fingerprint density at radius 1 is 1.18 bits per heavy atom. The average Bonchev–Trinajstić information content (AvgIpc) is 3.09. The molecule has 0 fully saturated rings. The van der Waals surface area contributed by atoms with Gasteiger partial charge in [-0.25, -0.2) is 13.8 Å². The highest BCUT2D eigenvalue weighted by molar-refractivity contribution is 7.09. The van der Waals surface area contributed by atoms with Crippen molar-refractivity contribution in [2.45, 2.75) is 26.3 Å². The minimum atomic E-state index is -0.611. The Kier molecular flexibility index (Phi) is 3.56. The molecule has 0 radical (unpaired) electrons. The number of nitrogens with zero attached hydrogens (tertiary/aromatic N) is 3. The Morgan fingerprint density at radius 3 is 2.45 bits per heavy atom. The first-order chi connectivity index (χ1) is 10.4. The van der Waals surface area contributed by atoms with Crippen LogP contribution in [0.25, 0.3) is 11.3 Å². The summed E-state index contributed by atoms with van der Waals surface area (Å²) in [6.07, 6.45) is 3.53. The molecule has 114 valence electrons. The third-order valence-corrected chi connectivity index (χ3v) is 4.71. The Balaban J connectivity index is 2.13. The fourth-order valence-corrected chi connectivity index (χ4v) is 3.10. The molecule has 0 atom stereocenters. The van der Waals surface area contributed by atoms with Crippen LogP contribution in [-0.4, -0.2) is 14.8 Å². The smallest absolute Gasteiger partial charge is 0.135 e. The van der Waals surface area contributed by atoms with Crippen LogP contribution in [0.1, 0.15) is 24.4 Å². The van der Waals surface area contributed by atoms with Crippen molar-refractivity contribution in [3.63, 3.8) is 0 Å². The summed E-state index contributed by atoms with van der Waals surface area (Å²) in [6.45, 7) is 5.74. The van der Waals surface area contributed by atoms with Gasteiger partial charge in [-0.1, -0.05) is 6.07 Å². The molecule has 0 saturated carbocycles. The number of aryl methyl sites for hydroxylation is 1. The van der Waals surface area contributed by atoms with E-state index in [9.17, 15) is 8.78 Å². The van der Waals surface area contributed by atoms with Crippen molar-refractivity contribution in [2.75, 3.05) is 0 Å². The maximum Gasteiger partial charge on any atom is 0.135 e. The second kappa shape index (κ2) is 5.28. The second-order valence-corrected chi connectivity index (χ2v) is 6.49.